The summed E-state index contributed by atoms with van der Waals surface area (Å²) in [6, 6.07) is 0. The molecule has 17 heavy (non-hydrogen) atoms. The molecule has 0 amide bonds. The van der Waals surface area contributed by atoms with E-state index >= 15 is 0 Å². The van der Waals surface area contributed by atoms with Crippen LogP contribution in [0.1, 0.15) is 30.5 Å². The maximum Gasteiger partial charge on any atom is 0.135 e. The van der Waals surface area contributed by atoms with E-state index in [1.54, 1.807) is 6.33 Å². The number of anilines is 1. The standard InChI is InChI=1S/C13H19N3O/c17-7-5-10-4-6-16(8-10)13-11-2-1-3-12(11)14-9-15-13/h9-10,17H,1-8H2. The maximum atomic E-state index is 8.99. The highest BCUT2D eigenvalue weighted by Crippen LogP contribution is 2.31. The molecule has 1 saturated heterocycles. The molecule has 1 fully saturated rings. The second kappa shape index (κ2) is 4.61. The van der Waals surface area contributed by atoms with E-state index in [1.807, 2.05) is 0 Å². The van der Waals surface area contributed by atoms with Crippen molar-refractivity contribution in [1.82, 2.24) is 9.97 Å². The molecule has 1 N–H and O–H groups in total. The van der Waals surface area contributed by atoms with E-state index in [1.165, 1.54) is 24.1 Å². The van der Waals surface area contributed by atoms with Crippen LogP contribution in [0.3, 0.4) is 0 Å². The minimum atomic E-state index is 0.306. The largest absolute Gasteiger partial charge is 0.396 e. The van der Waals surface area contributed by atoms with Gasteiger partial charge in [-0.1, -0.05) is 0 Å². The maximum absolute atomic E-state index is 8.99. The molecule has 1 aromatic rings. The first-order valence-electron chi connectivity index (χ1n) is 6.57. The zero-order valence-electron chi connectivity index (χ0n) is 10.1. The summed E-state index contributed by atoms with van der Waals surface area (Å²) in [5.41, 5.74) is 2.62. The minimum absolute atomic E-state index is 0.306. The molecule has 0 saturated carbocycles. The van der Waals surface area contributed by atoms with Crippen molar-refractivity contribution in [3.63, 3.8) is 0 Å². The Hall–Kier alpha value is -1.16. The molecule has 92 valence electrons. The molecule has 0 bridgehead atoms. The average Bonchev–Trinajstić information content (AvgIpc) is 2.96. The molecule has 1 atom stereocenters. The van der Waals surface area contributed by atoms with Crippen LogP contribution in [-0.4, -0.2) is 34.8 Å². The molecule has 0 aromatic carbocycles. The van der Waals surface area contributed by atoms with Crippen LogP contribution in [0.25, 0.3) is 0 Å². The van der Waals surface area contributed by atoms with Gasteiger partial charge in [0.15, 0.2) is 0 Å². The third kappa shape index (κ3) is 2.02. The average molecular weight is 233 g/mol. The summed E-state index contributed by atoms with van der Waals surface area (Å²) in [5.74, 6) is 1.79. The first-order valence-corrected chi connectivity index (χ1v) is 6.57. The van der Waals surface area contributed by atoms with Crippen molar-refractivity contribution in [1.29, 1.82) is 0 Å². The van der Waals surface area contributed by atoms with Gasteiger partial charge in [-0.3, -0.25) is 0 Å². The molecule has 1 aromatic heterocycles. The van der Waals surface area contributed by atoms with Crippen molar-refractivity contribution in [3.05, 3.63) is 17.6 Å². The van der Waals surface area contributed by atoms with E-state index in [4.69, 9.17) is 5.11 Å². The van der Waals surface area contributed by atoms with Gasteiger partial charge in [0.2, 0.25) is 0 Å². The highest BCUT2D eigenvalue weighted by Gasteiger charge is 2.27. The van der Waals surface area contributed by atoms with Crippen LogP contribution in [0, 0.1) is 5.92 Å². The zero-order valence-corrected chi connectivity index (χ0v) is 10.1. The number of fused-ring (bicyclic) bond motifs is 1. The van der Waals surface area contributed by atoms with Crippen LogP contribution in [0.4, 0.5) is 5.82 Å². The molecular formula is C13H19N3O. The molecule has 4 heteroatoms. The second-order valence-corrected chi connectivity index (χ2v) is 5.09. The Morgan fingerprint density at radius 1 is 1.35 bits per heavy atom. The lowest BCUT2D eigenvalue weighted by atomic mass is 10.1. The van der Waals surface area contributed by atoms with Gasteiger partial charge in [0.25, 0.3) is 0 Å². The Balaban J connectivity index is 1.79. The van der Waals surface area contributed by atoms with E-state index in [-0.39, 0.29) is 0 Å². The highest BCUT2D eigenvalue weighted by molar-refractivity contribution is 5.51. The van der Waals surface area contributed by atoms with Crippen LogP contribution in [0.2, 0.25) is 0 Å². The number of rotatable bonds is 3. The number of nitrogens with zero attached hydrogens (tertiary/aromatic N) is 3. The Bertz CT molecular complexity index is 408. The van der Waals surface area contributed by atoms with Gasteiger partial charge >= 0.3 is 0 Å². The smallest absolute Gasteiger partial charge is 0.135 e. The fourth-order valence-corrected chi connectivity index (χ4v) is 3.06. The van der Waals surface area contributed by atoms with Crippen LogP contribution < -0.4 is 4.90 Å². The van der Waals surface area contributed by atoms with Crippen molar-refractivity contribution in [3.8, 4) is 0 Å². The molecule has 1 aliphatic heterocycles. The molecule has 2 aliphatic rings. The highest BCUT2D eigenvalue weighted by atomic mass is 16.3. The number of aliphatic hydroxyl groups excluding tert-OH is 1. The van der Waals surface area contributed by atoms with Gasteiger partial charge in [-0.25, -0.2) is 9.97 Å². The molecule has 0 radical (unpaired) electrons. The molecule has 1 aliphatic carbocycles. The van der Waals surface area contributed by atoms with Crippen LogP contribution >= 0.6 is 0 Å². The summed E-state index contributed by atoms with van der Waals surface area (Å²) >= 11 is 0. The molecular weight excluding hydrogens is 214 g/mol. The second-order valence-electron chi connectivity index (χ2n) is 5.09. The van der Waals surface area contributed by atoms with E-state index in [0.717, 1.165) is 38.2 Å². The van der Waals surface area contributed by atoms with E-state index in [2.05, 4.69) is 14.9 Å². The molecule has 1 unspecified atom stereocenters. The number of hydrogen-bond donors (Lipinski definition) is 1. The first-order chi connectivity index (χ1) is 8.38. The fourth-order valence-electron chi connectivity index (χ4n) is 3.06. The predicted molar refractivity (Wildman–Crippen MR) is 66.1 cm³/mol. The van der Waals surface area contributed by atoms with Gasteiger partial charge in [0.05, 0.1) is 0 Å². The van der Waals surface area contributed by atoms with Gasteiger partial charge in [0.1, 0.15) is 12.1 Å². The van der Waals surface area contributed by atoms with Gasteiger partial charge in [-0.2, -0.15) is 0 Å². The van der Waals surface area contributed by atoms with Gasteiger partial charge in [-0.15, -0.1) is 0 Å². The summed E-state index contributed by atoms with van der Waals surface area (Å²) < 4.78 is 0. The lowest BCUT2D eigenvalue weighted by Crippen LogP contribution is -2.22. The van der Waals surface area contributed by atoms with Crippen LogP contribution in [0.5, 0.6) is 0 Å². The zero-order chi connectivity index (χ0) is 11.7. The Labute approximate surface area is 102 Å². The number of aliphatic hydroxyl groups is 1. The quantitative estimate of drug-likeness (QED) is 0.851. The third-order valence-corrected chi connectivity index (χ3v) is 3.97. The van der Waals surface area contributed by atoms with Crippen molar-refractivity contribution >= 4 is 5.82 Å². The fraction of sp³-hybridized carbons (Fsp3) is 0.692. The molecule has 0 spiro atoms. The summed E-state index contributed by atoms with van der Waals surface area (Å²) in [4.78, 5) is 11.2. The van der Waals surface area contributed by atoms with Crippen LogP contribution in [0.15, 0.2) is 6.33 Å². The summed E-state index contributed by atoms with van der Waals surface area (Å²) in [7, 11) is 0. The number of aryl methyl sites for hydroxylation is 1. The number of hydrogen-bond acceptors (Lipinski definition) is 4. The van der Waals surface area contributed by atoms with Crippen molar-refractivity contribution < 1.29 is 5.11 Å². The number of aromatic nitrogens is 2. The Kier molecular flexibility index (Phi) is 2.97. The predicted octanol–water partition coefficient (Wildman–Crippen LogP) is 1.17. The van der Waals surface area contributed by atoms with Gasteiger partial charge in [0, 0.05) is 31.0 Å². The van der Waals surface area contributed by atoms with E-state index < -0.39 is 0 Å². The van der Waals surface area contributed by atoms with Crippen molar-refractivity contribution in [2.24, 2.45) is 5.92 Å². The summed E-state index contributed by atoms with van der Waals surface area (Å²) in [5, 5.41) is 8.99. The minimum Gasteiger partial charge on any atom is -0.396 e. The Morgan fingerprint density at radius 2 is 2.29 bits per heavy atom. The van der Waals surface area contributed by atoms with Crippen molar-refractivity contribution in [2.75, 3.05) is 24.6 Å². The normalized spacial score (nSPS) is 23.1. The van der Waals surface area contributed by atoms with E-state index in [9.17, 15) is 0 Å². The van der Waals surface area contributed by atoms with Crippen molar-refractivity contribution in [2.45, 2.75) is 32.1 Å². The SMILES string of the molecule is OCCC1CCN(c2ncnc3c2CCC3)C1. The van der Waals surface area contributed by atoms with Gasteiger partial charge < -0.3 is 10.0 Å². The Morgan fingerprint density at radius 3 is 3.18 bits per heavy atom. The summed E-state index contributed by atoms with van der Waals surface area (Å²) in [6.07, 6.45) is 7.27. The lowest BCUT2D eigenvalue weighted by molar-refractivity contribution is 0.263. The molecule has 2 heterocycles. The summed E-state index contributed by atoms with van der Waals surface area (Å²) in [6.45, 7) is 2.43. The van der Waals surface area contributed by atoms with Gasteiger partial charge in [-0.05, 0) is 38.0 Å². The lowest BCUT2D eigenvalue weighted by Gasteiger charge is -2.20. The third-order valence-electron chi connectivity index (χ3n) is 3.97. The molecule has 4 nitrogen and oxygen atoms in total. The van der Waals surface area contributed by atoms with E-state index in [0.29, 0.717) is 12.5 Å². The first kappa shape index (κ1) is 11.0. The monoisotopic (exact) mass is 233 g/mol. The molecule has 3 rings (SSSR count). The topological polar surface area (TPSA) is 49.2 Å². The van der Waals surface area contributed by atoms with Crippen LogP contribution in [-0.2, 0) is 12.8 Å².